The average Bonchev–Trinajstić information content (AvgIpc) is 3.45. The van der Waals surface area contributed by atoms with Crippen LogP contribution in [0.15, 0.2) is 29.2 Å². The van der Waals surface area contributed by atoms with Crippen molar-refractivity contribution in [2.75, 3.05) is 44.4 Å². The molecule has 1 N–H and O–H groups in total. The van der Waals surface area contributed by atoms with Gasteiger partial charge in [-0.2, -0.15) is 9.78 Å². The molecule has 2 aliphatic rings. The number of hydrogen-bond donors (Lipinski definition) is 1. The first-order chi connectivity index (χ1) is 13.6. The summed E-state index contributed by atoms with van der Waals surface area (Å²) < 4.78 is 46.7. The van der Waals surface area contributed by atoms with E-state index < -0.39 is 23.9 Å². The Hall–Kier alpha value is -2.55. The van der Waals surface area contributed by atoms with Gasteiger partial charge in [0, 0.05) is 32.2 Å². The van der Waals surface area contributed by atoms with E-state index in [9.17, 15) is 18.0 Å². The number of hydrogen-bond acceptors (Lipinski definition) is 5. The minimum atomic E-state index is -0.805. The third-order valence-electron chi connectivity index (χ3n) is 5.17. The topological polar surface area (TPSA) is 59.4 Å². The highest BCUT2D eigenvalue weighted by Gasteiger charge is 2.38. The van der Waals surface area contributed by atoms with E-state index in [1.165, 1.54) is 6.20 Å². The Morgan fingerprint density at radius 3 is 2.50 bits per heavy atom. The lowest BCUT2D eigenvalue weighted by molar-refractivity contribution is 0.279. The van der Waals surface area contributed by atoms with E-state index >= 15 is 0 Å². The van der Waals surface area contributed by atoms with Gasteiger partial charge in [0.2, 0.25) is 5.75 Å². The second-order valence-electron chi connectivity index (χ2n) is 7.16. The van der Waals surface area contributed by atoms with Gasteiger partial charge in [-0.05, 0) is 30.4 Å². The number of alkyl halides is 1. The number of benzene rings is 1. The number of piperazine rings is 1. The summed E-state index contributed by atoms with van der Waals surface area (Å²) in [6.45, 7) is 2.68. The summed E-state index contributed by atoms with van der Waals surface area (Å²) in [6.07, 6.45) is 2.21. The van der Waals surface area contributed by atoms with Crippen molar-refractivity contribution in [3.63, 3.8) is 0 Å². The molecule has 0 unspecified atom stereocenters. The minimum absolute atomic E-state index is 0.0210. The molecule has 1 aromatic carbocycles. The first kappa shape index (κ1) is 18.8. The Balaban J connectivity index is 1.70. The predicted molar refractivity (Wildman–Crippen MR) is 97.9 cm³/mol. The lowest BCUT2D eigenvalue weighted by Gasteiger charge is -2.30. The van der Waals surface area contributed by atoms with E-state index in [0.29, 0.717) is 18.8 Å². The number of aromatic nitrogens is 2. The molecule has 4 rings (SSSR count). The number of nitrogens with one attached hydrogen (secondary N) is 1. The van der Waals surface area contributed by atoms with Crippen LogP contribution in [0.4, 0.5) is 18.9 Å². The quantitative estimate of drug-likeness (QED) is 0.811. The molecule has 1 aromatic heterocycles. The van der Waals surface area contributed by atoms with Crippen LogP contribution in [0, 0.1) is 23.5 Å². The van der Waals surface area contributed by atoms with Crippen LogP contribution in [-0.2, 0) is 0 Å². The second kappa shape index (κ2) is 7.83. The molecule has 1 aliphatic carbocycles. The lowest BCUT2D eigenvalue weighted by Crippen LogP contribution is -2.44. The molecule has 1 saturated carbocycles. The first-order valence-electron chi connectivity index (χ1n) is 9.30. The van der Waals surface area contributed by atoms with Crippen LogP contribution in [-0.4, -0.2) is 49.2 Å². The zero-order valence-corrected chi connectivity index (χ0v) is 15.2. The Kier molecular flexibility index (Phi) is 5.25. The van der Waals surface area contributed by atoms with E-state index in [4.69, 9.17) is 4.74 Å². The molecule has 28 heavy (non-hydrogen) atoms. The van der Waals surface area contributed by atoms with E-state index in [1.807, 2.05) is 4.90 Å². The van der Waals surface area contributed by atoms with Gasteiger partial charge in [-0.15, -0.1) is 0 Å². The molecule has 6 nitrogen and oxygen atoms in total. The second-order valence-corrected chi connectivity index (χ2v) is 7.16. The first-order valence-corrected chi connectivity index (χ1v) is 9.30. The fourth-order valence-corrected chi connectivity index (χ4v) is 3.44. The Bertz CT molecular complexity index is 894. The molecule has 2 atom stereocenters. The highest BCUT2D eigenvalue weighted by atomic mass is 19.1. The van der Waals surface area contributed by atoms with E-state index in [1.54, 1.807) is 0 Å². The Morgan fingerprint density at radius 1 is 1.14 bits per heavy atom. The molecule has 2 fully saturated rings. The normalized spacial score (nSPS) is 21.6. The van der Waals surface area contributed by atoms with Gasteiger partial charge in [-0.25, -0.2) is 8.78 Å². The van der Waals surface area contributed by atoms with Crippen molar-refractivity contribution < 1.29 is 17.9 Å². The molecule has 0 radical (unpaired) electrons. The summed E-state index contributed by atoms with van der Waals surface area (Å²) >= 11 is 0. The molecule has 0 spiro atoms. The molecular weight excluding hydrogens is 373 g/mol. The number of ether oxygens (including phenoxy) is 1. The van der Waals surface area contributed by atoms with Crippen molar-refractivity contribution in [2.24, 2.45) is 11.8 Å². The van der Waals surface area contributed by atoms with Crippen LogP contribution in [0.3, 0.4) is 0 Å². The third-order valence-corrected chi connectivity index (χ3v) is 5.17. The van der Waals surface area contributed by atoms with Crippen molar-refractivity contribution in [3.05, 3.63) is 46.4 Å². The molecule has 2 aromatic rings. The summed E-state index contributed by atoms with van der Waals surface area (Å²) in [5.41, 5.74) is -0.0807. The van der Waals surface area contributed by atoms with Crippen LogP contribution in [0.5, 0.6) is 5.75 Å². The van der Waals surface area contributed by atoms with E-state index in [0.717, 1.165) is 42.4 Å². The van der Waals surface area contributed by atoms with Crippen molar-refractivity contribution in [1.29, 1.82) is 0 Å². The maximum absolute atomic E-state index is 13.6. The van der Waals surface area contributed by atoms with E-state index in [2.05, 4.69) is 10.4 Å². The maximum atomic E-state index is 13.6. The van der Waals surface area contributed by atoms with Crippen LogP contribution in [0.2, 0.25) is 0 Å². The fraction of sp³-hybridized carbons (Fsp3) is 0.474. The van der Waals surface area contributed by atoms with Crippen LogP contribution >= 0.6 is 0 Å². The molecule has 9 heteroatoms. The summed E-state index contributed by atoms with van der Waals surface area (Å²) in [7, 11) is 0. The van der Waals surface area contributed by atoms with Gasteiger partial charge in [0.25, 0.3) is 0 Å². The van der Waals surface area contributed by atoms with Gasteiger partial charge < -0.3 is 15.0 Å². The van der Waals surface area contributed by atoms with Crippen molar-refractivity contribution in [1.82, 2.24) is 15.1 Å². The summed E-state index contributed by atoms with van der Waals surface area (Å²) in [5.74, 6) is -1.48. The highest BCUT2D eigenvalue weighted by Crippen LogP contribution is 2.39. The largest absolute Gasteiger partial charge is 0.486 e. The van der Waals surface area contributed by atoms with Crippen molar-refractivity contribution in [2.45, 2.75) is 6.42 Å². The van der Waals surface area contributed by atoms with E-state index in [-0.39, 0.29) is 29.9 Å². The zero-order chi connectivity index (χ0) is 19.7. The monoisotopic (exact) mass is 394 g/mol. The zero-order valence-electron chi connectivity index (χ0n) is 15.2. The van der Waals surface area contributed by atoms with Gasteiger partial charge in [-0.1, -0.05) is 0 Å². The SMILES string of the molecule is O=c1c(OC[C@H]2C[C@@H]2CF)c(N2CCNCC2)cnn1-c1cc(F)cc(F)c1. The molecule has 0 amide bonds. The fourth-order valence-electron chi connectivity index (χ4n) is 3.44. The van der Waals surface area contributed by atoms with Gasteiger partial charge in [-0.3, -0.25) is 9.18 Å². The smallest absolute Gasteiger partial charge is 0.316 e. The van der Waals surface area contributed by atoms with Gasteiger partial charge >= 0.3 is 5.56 Å². The predicted octanol–water partition coefficient (Wildman–Crippen LogP) is 1.90. The number of halogens is 3. The van der Waals surface area contributed by atoms with Crippen LogP contribution < -0.4 is 20.5 Å². The molecule has 1 saturated heterocycles. The van der Waals surface area contributed by atoms with Crippen LogP contribution in [0.25, 0.3) is 5.69 Å². The summed E-state index contributed by atoms with van der Waals surface area (Å²) in [4.78, 5) is 15.0. The Morgan fingerprint density at radius 2 is 1.86 bits per heavy atom. The number of rotatable bonds is 6. The van der Waals surface area contributed by atoms with Gasteiger partial charge in [0.15, 0.2) is 0 Å². The highest BCUT2D eigenvalue weighted by molar-refractivity contribution is 5.57. The standard InChI is InChI=1S/C19H21F3N4O2/c20-9-12-5-13(12)11-28-18-17(25-3-1-23-2-4-25)10-24-26(19(18)27)16-7-14(21)6-15(22)8-16/h6-8,10,12-13,23H,1-5,9,11H2/t12-,13-/m1/s1. The third kappa shape index (κ3) is 3.84. The molecule has 150 valence electrons. The maximum Gasteiger partial charge on any atom is 0.316 e. The minimum Gasteiger partial charge on any atom is -0.486 e. The molecule has 2 heterocycles. The lowest BCUT2D eigenvalue weighted by atomic mass is 10.2. The summed E-state index contributed by atoms with van der Waals surface area (Å²) in [6, 6.07) is 2.79. The number of anilines is 1. The summed E-state index contributed by atoms with van der Waals surface area (Å²) in [5, 5.41) is 7.34. The molecular formula is C19H21F3N4O2. The Labute approximate surface area is 159 Å². The van der Waals surface area contributed by atoms with Crippen molar-refractivity contribution in [3.8, 4) is 11.4 Å². The number of nitrogens with zero attached hydrogens (tertiary/aromatic N) is 3. The molecule has 1 aliphatic heterocycles. The van der Waals surface area contributed by atoms with Crippen LogP contribution in [0.1, 0.15) is 6.42 Å². The van der Waals surface area contributed by atoms with Gasteiger partial charge in [0.1, 0.15) is 17.3 Å². The molecule has 0 bridgehead atoms. The van der Waals surface area contributed by atoms with Gasteiger partial charge in [0.05, 0.1) is 25.2 Å². The average molecular weight is 394 g/mol. The van der Waals surface area contributed by atoms with Crippen molar-refractivity contribution >= 4 is 5.69 Å².